The first-order valence-corrected chi connectivity index (χ1v) is 4.12. The van der Waals surface area contributed by atoms with E-state index in [0.29, 0.717) is 0 Å². The summed E-state index contributed by atoms with van der Waals surface area (Å²) in [5, 5.41) is 4.26. The van der Waals surface area contributed by atoms with E-state index in [4.69, 9.17) is 0 Å². The third-order valence-electron chi connectivity index (χ3n) is 1.89. The highest BCUT2D eigenvalue weighted by molar-refractivity contribution is 5.28. The zero-order valence-electron chi connectivity index (χ0n) is 6.85. The van der Waals surface area contributed by atoms with Crippen LogP contribution in [0.2, 0.25) is 0 Å². The largest absolute Gasteiger partial charge is 0.338 e. The number of rotatable bonds is 1. The lowest BCUT2D eigenvalue weighted by atomic mass is 10.4. The topological polar surface area (TPSA) is 43.1 Å². The summed E-state index contributed by atoms with van der Waals surface area (Å²) in [6, 6.07) is 1.83. The van der Waals surface area contributed by atoms with E-state index in [1.165, 1.54) is 0 Å². The zero-order chi connectivity index (χ0) is 8.23. The molecule has 1 aromatic heterocycles. The molecule has 0 saturated carbocycles. The Morgan fingerprint density at radius 3 is 2.42 bits per heavy atom. The van der Waals surface area contributed by atoms with Gasteiger partial charge >= 0.3 is 0 Å². The summed E-state index contributed by atoms with van der Waals surface area (Å²) in [4.78, 5) is 10.5. The van der Waals surface area contributed by atoms with E-state index in [1.54, 1.807) is 12.4 Å². The third kappa shape index (κ3) is 1.53. The first kappa shape index (κ1) is 7.49. The van der Waals surface area contributed by atoms with E-state index in [-0.39, 0.29) is 0 Å². The van der Waals surface area contributed by atoms with Gasteiger partial charge in [0.1, 0.15) is 0 Å². The molecule has 1 radical (unpaired) electrons. The Morgan fingerprint density at radius 1 is 1.08 bits per heavy atom. The highest BCUT2D eigenvalue weighted by Gasteiger charge is 2.11. The lowest BCUT2D eigenvalue weighted by molar-refractivity contribution is 0.570. The molecule has 63 valence electrons. The first-order valence-electron chi connectivity index (χ1n) is 4.12. The van der Waals surface area contributed by atoms with E-state index < -0.39 is 0 Å². The Bertz CT molecular complexity index is 230. The van der Waals surface area contributed by atoms with Crippen LogP contribution in [0.3, 0.4) is 0 Å². The molecule has 2 heterocycles. The molecular weight excluding hydrogens is 152 g/mol. The second-order valence-electron chi connectivity index (χ2n) is 2.71. The van der Waals surface area contributed by atoms with Gasteiger partial charge in [-0.05, 0) is 6.07 Å². The monoisotopic (exact) mass is 163 g/mol. The fourth-order valence-corrected chi connectivity index (χ4v) is 1.26. The zero-order valence-corrected chi connectivity index (χ0v) is 6.85. The van der Waals surface area contributed by atoms with Crippen LogP contribution in [0.4, 0.5) is 5.95 Å². The van der Waals surface area contributed by atoms with Crippen LogP contribution in [-0.2, 0) is 0 Å². The van der Waals surface area contributed by atoms with Crippen LogP contribution in [0.25, 0.3) is 0 Å². The normalized spacial score (nSPS) is 17.8. The predicted octanol–water partition coefficient (Wildman–Crippen LogP) is -0.0990. The van der Waals surface area contributed by atoms with Gasteiger partial charge < -0.3 is 4.90 Å². The minimum Gasteiger partial charge on any atom is -0.338 e. The molecule has 1 aromatic rings. The summed E-state index contributed by atoms with van der Waals surface area (Å²) in [5.74, 6) is 0.826. The van der Waals surface area contributed by atoms with Crippen molar-refractivity contribution >= 4 is 5.95 Å². The smallest absolute Gasteiger partial charge is 0.225 e. The number of nitrogens with zero attached hydrogens (tertiary/aromatic N) is 4. The fraction of sp³-hybridized carbons (Fsp3) is 0.500. The van der Waals surface area contributed by atoms with E-state index in [2.05, 4.69) is 20.2 Å². The molecule has 1 fully saturated rings. The van der Waals surface area contributed by atoms with Crippen LogP contribution < -0.4 is 10.2 Å². The molecule has 4 heteroatoms. The van der Waals surface area contributed by atoms with Gasteiger partial charge in [0.25, 0.3) is 0 Å². The van der Waals surface area contributed by atoms with E-state index in [0.717, 1.165) is 32.1 Å². The van der Waals surface area contributed by atoms with Crippen molar-refractivity contribution < 1.29 is 0 Å². The van der Waals surface area contributed by atoms with Crippen molar-refractivity contribution in [2.24, 2.45) is 0 Å². The van der Waals surface area contributed by atoms with Gasteiger partial charge in [-0.1, -0.05) is 0 Å². The van der Waals surface area contributed by atoms with E-state index in [1.807, 2.05) is 6.07 Å². The predicted molar refractivity (Wildman–Crippen MR) is 46.1 cm³/mol. The maximum atomic E-state index is 4.26. The summed E-state index contributed by atoms with van der Waals surface area (Å²) in [7, 11) is 0. The van der Waals surface area contributed by atoms with Gasteiger partial charge in [0.2, 0.25) is 5.95 Å². The first-order chi connectivity index (χ1) is 5.97. The Labute approximate surface area is 71.6 Å². The molecular formula is C8H11N4. The van der Waals surface area contributed by atoms with Crippen molar-refractivity contribution in [2.75, 3.05) is 31.1 Å². The van der Waals surface area contributed by atoms with Gasteiger partial charge in [-0.2, -0.15) is 0 Å². The van der Waals surface area contributed by atoms with Gasteiger partial charge in [0.15, 0.2) is 0 Å². The average Bonchev–Trinajstić information content (AvgIpc) is 2.21. The maximum absolute atomic E-state index is 4.26. The molecule has 0 unspecified atom stereocenters. The van der Waals surface area contributed by atoms with Gasteiger partial charge in [0.05, 0.1) is 0 Å². The summed E-state index contributed by atoms with van der Waals surface area (Å²) in [5.41, 5.74) is 0. The number of aromatic nitrogens is 2. The quantitative estimate of drug-likeness (QED) is 0.580. The number of hydrogen-bond acceptors (Lipinski definition) is 3. The molecule has 0 aliphatic carbocycles. The van der Waals surface area contributed by atoms with Crippen LogP contribution in [0.1, 0.15) is 0 Å². The highest BCUT2D eigenvalue weighted by atomic mass is 15.3. The van der Waals surface area contributed by atoms with Crippen molar-refractivity contribution in [3.63, 3.8) is 0 Å². The number of anilines is 1. The third-order valence-corrected chi connectivity index (χ3v) is 1.89. The summed E-state index contributed by atoms with van der Waals surface area (Å²) < 4.78 is 0. The number of hydrogen-bond donors (Lipinski definition) is 0. The maximum Gasteiger partial charge on any atom is 0.225 e. The summed E-state index contributed by atoms with van der Waals surface area (Å²) >= 11 is 0. The molecule has 0 N–H and O–H groups in total. The molecule has 1 aliphatic heterocycles. The molecule has 0 atom stereocenters. The van der Waals surface area contributed by atoms with Crippen molar-refractivity contribution in [1.82, 2.24) is 15.3 Å². The highest BCUT2D eigenvalue weighted by Crippen LogP contribution is 2.05. The molecule has 0 bridgehead atoms. The molecule has 0 spiro atoms. The lowest BCUT2D eigenvalue weighted by Gasteiger charge is -2.25. The van der Waals surface area contributed by atoms with Crippen molar-refractivity contribution in [3.05, 3.63) is 18.5 Å². The minimum absolute atomic E-state index is 0.826. The molecule has 0 amide bonds. The second-order valence-corrected chi connectivity index (χ2v) is 2.71. The Kier molecular flexibility index (Phi) is 2.18. The van der Waals surface area contributed by atoms with Crippen molar-refractivity contribution in [2.45, 2.75) is 0 Å². The van der Waals surface area contributed by atoms with Crippen LogP contribution in [0.15, 0.2) is 18.5 Å². The van der Waals surface area contributed by atoms with Crippen molar-refractivity contribution in [3.8, 4) is 0 Å². The van der Waals surface area contributed by atoms with Gasteiger partial charge in [0, 0.05) is 38.6 Å². The Morgan fingerprint density at radius 2 is 1.75 bits per heavy atom. The molecule has 1 aliphatic rings. The second kappa shape index (κ2) is 3.49. The van der Waals surface area contributed by atoms with Crippen LogP contribution in [-0.4, -0.2) is 36.1 Å². The summed E-state index contributed by atoms with van der Waals surface area (Å²) in [6.07, 6.45) is 3.54. The molecule has 12 heavy (non-hydrogen) atoms. The van der Waals surface area contributed by atoms with Gasteiger partial charge in [-0.15, -0.1) is 0 Å². The van der Waals surface area contributed by atoms with E-state index in [9.17, 15) is 0 Å². The fourth-order valence-electron chi connectivity index (χ4n) is 1.26. The molecule has 0 aromatic carbocycles. The van der Waals surface area contributed by atoms with Gasteiger partial charge in [-0.25, -0.2) is 15.3 Å². The average molecular weight is 163 g/mol. The Balaban J connectivity index is 2.08. The molecule has 1 saturated heterocycles. The van der Waals surface area contributed by atoms with Crippen LogP contribution >= 0.6 is 0 Å². The molecule has 2 rings (SSSR count). The van der Waals surface area contributed by atoms with Crippen LogP contribution in [0, 0.1) is 0 Å². The Hall–Kier alpha value is -1.16. The van der Waals surface area contributed by atoms with E-state index >= 15 is 0 Å². The SMILES string of the molecule is c1cnc(N2CC[N]CC2)nc1. The van der Waals surface area contributed by atoms with Gasteiger partial charge in [-0.3, -0.25) is 0 Å². The number of piperazine rings is 1. The summed E-state index contributed by atoms with van der Waals surface area (Å²) in [6.45, 7) is 3.70. The van der Waals surface area contributed by atoms with Crippen LogP contribution in [0.5, 0.6) is 0 Å². The standard InChI is InChI=1S/C8H11N4/c1-2-10-8(11-3-1)12-6-4-9-5-7-12/h1-3H,4-7H2. The van der Waals surface area contributed by atoms with Crippen molar-refractivity contribution in [1.29, 1.82) is 0 Å². The molecule has 4 nitrogen and oxygen atoms in total. The minimum atomic E-state index is 0.826. The lowest BCUT2D eigenvalue weighted by Crippen LogP contribution is -2.41.